The van der Waals surface area contributed by atoms with Gasteiger partial charge in [-0.15, -0.1) is 10.2 Å². The van der Waals surface area contributed by atoms with Gasteiger partial charge >= 0.3 is 0 Å². The second-order valence-electron chi connectivity index (χ2n) is 6.21. The number of thioether (sulfide) groups is 1. The molecule has 0 spiro atoms. The minimum Gasteiger partial charge on any atom is -0.497 e. The largest absolute Gasteiger partial charge is 0.497 e. The first-order chi connectivity index (χ1) is 13.1. The van der Waals surface area contributed by atoms with Gasteiger partial charge in [0, 0.05) is 13.1 Å². The number of rotatable bonds is 7. The second-order valence-corrected chi connectivity index (χ2v) is 7.20. The fourth-order valence-electron chi connectivity index (χ4n) is 2.77. The summed E-state index contributed by atoms with van der Waals surface area (Å²) >= 11 is 1.36. The number of nitrogens with one attached hydrogen (secondary N) is 1. The molecule has 2 heterocycles. The van der Waals surface area contributed by atoms with Crippen LogP contribution in [0.15, 0.2) is 41.4 Å². The molecule has 0 atom stereocenters. The summed E-state index contributed by atoms with van der Waals surface area (Å²) in [6.45, 7) is 1.70. The van der Waals surface area contributed by atoms with E-state index in [0.29, 0.717) is 16.6 Å². The molecule has 1 saturated heterocycles. The van der Waals surface area contributed by atoms with Gasteiger partial charge in [0.05, 0.1) is 19.3 Å². The quantitative estimate of drug-likeness (QED) is 0.736. The van der Waals surface area contributed by atoms with E-state index in [0.717, 1.165) is 37.2 Å². The zero-order chi connectivity index (χ0) is 19.1. The van der Waals surface area contributed by atoms with E-state index < -0.39 is 0 Å². The fourth-order valence-corrected chi connectivity index (χ4v) is 3.49. The van der Waals surface area contributed by atoms with Crippen molar-refractivity contribution in [1.29, 1.82) is 0 Å². The Morgan fingerprint density at radius 1 is 1.11 bits per heavy atom. The third-order valence-corrected chi connectivity index (χ3v) is 5.14. The number of hydrogen-bond donors (Lipinski definition) is 1. The lowest BCUT2D eigenvalue weighted by molar-refractivity contribution is -0.127. The molecule has 1 N–H and O–H groups in total. The molecule has 1 aromatic heterocycles. The number of aromatic nitrogens is 2. The summed E-state index contributed by atoms with van der Waals surface area (Å²) in [5.41, 5.74) is 0.883. The van der Waals surface area contributed by atoms with Crippen molar-refractivity contribution in [2.45, 2.75) is 24.3 Å². The maximum Gasteiger partial charge on any atom is 0.232 e. The summed E-state index contributed by atoms with van der Waals surface area (Å²) in [7, 11) is 1.60. The molecule has 0 aliphatic carbocycles. The zero-order valence-corrected chi connectivity index (χ0v) is 16.0. The van der Waals surface area contributed by atoms with Crippen LogP contribution in [0.4, 0.5) is 5.82 Å². The molecular formula is C19H22N4O3S. The van der Waals surface area contributed by atoms with Crippen molar-refractivity contribution in [3.05, 3.63) is 42.0 Å². The predicted molar refractivity (Wildman–Crippen MR) is 104 cm³/mol. The third-order valence-electron chi connectivity index (χ3n) is 4.23. The van der Waals surface area contributed by atoms with Crippen molar-refractivity contribution in [2.75, 3.05) is 31.3 Å². The van der Waals surface area contributed by atoms with Crippen LogP contribution in [-0.2, 0) is 16.0 Å². The number of carbonyl (C=O) groups is 2. The van der Waals surface area contributed by atoms with E-state index >= 15 is 0 Å². The lowest BCUT2D eigenvalue weighted by atomic mass is 10.1. The van der Waals surface area contributed by atoms with Crippen molar-refractivity contribution < 1.29 is 14.3 Å². The normalized spacial score (nSPS) is 13.4. The smallest absolute Gasteiger partial charge is 0.232 e. The van der Waals surface area contributed by atoms with Gasteiger partial charge in [0.25, 0.3) is 0 Å². The lowest BCUT2D eigenvalue weighted by Gasteiger charge is -2.14. The lowest BCUT2D eigenvalue weighted by Crippen LogP contribution is -2.29. The fraction of sp³-hybridized carbons (Fsp3) is 0.368. The van der Waals surface area contributed by atoms with Crippen LogP contribution < -0.4 is 10.1 Å². The number of benzene rings is 1. The molecule has 3 rings (SSSR count). The molecule has 2 amide bonds. The Morgan fingerprint density at radius 2 is 1.85 bits per heavy atom. The molecule has 0 bridgehead atoms. The summed E-state index contributed by atoms with van der Waals surface area (Å²) in [6, 6.07) is 10.8. The Bertz CT molecular complexity index is 775. The summed E-state index contributed by atoms with van der Waals surface area (Å²) in [5, 5.41) is 11.5. The second kappa shape index (κ2) is 9.36. The number of likely N-dealkylation sites (tertiary alicyclic amines) is 1. The van der Waals surface area contributed by atoms with E-state index in [1.54, 1.807) is 19.2 Å². The highest BCUT2D eigenvalue weighted by Gasteiger charge is 2.18. The van der Waals surface area contributed by atoms with Gasteiger partial charge in [-0.05, 0) is 42.7 Å². The first-order valence-electron chi connectivity index (χ1n) is 8.81. The van der Waals surface area contributed by atoms with Crippen LogP contribution in [-0.4, -0.2) is 52.9 Å². The van der Waals surface area contributed by atoms with Crippen molar-refractivity contribution in [1.82, 2.24) is 15.1 Å². The zero-order valence-electron chi connectivity index (χ0n) is 15.2. The SMILES string of the molecule is COc1ccc(CC(=O)Nc2ccc(SCC(=O)N3CCCC3)nn2)cc1. The van der Waals surface area contributed by atoms with E-state index in [4.69, 9.17) is 4.74 Å². The Kier molecular flexibility index (Phi) is 6.64. The average Bonchev–Trinajstić information content (AvgIpc) is 3.23. The van der Waals surface area contributed by atoms with Crippen molar-refractivity contribution >= 4 is 29.4 Å². The number of carbonyl (C=O) groups excluding carboxylic acids is 2. The maximum absolute atomic E-state index is 12.1. The van der Waals surface area contributed by atoms with Gasteiger partial charge in [0.2, 0.25) is 11.8 Å². The average molecular weight is 386 g/mol. The highest BCUT2D eigenvalue weighted by Crippen LogP contribution is 2.18. The van der Waals surface area contributed by atoms with Crippen LogP contribution in [0.25, 0.3) is 0 Å². The van der Waals surface area contributed by atoms with Gasteiger partial charge < -0.3 is 15.0 Å². The molecule has 1 aromatic carbocycles. The monoisotopic (exact) mass is 386 g/mol. The van der Waals surface area contributed by atoms with Gasteiger partial charge in [-0.25, -0.2) is 0 Å². The maximum atomic E-state index is 12.1. The number of anilines is 1. The van der Waals surface area contributed by atoms with Crippen LogP contribution in [0.2, 0.25) is 0 Å². The third kappa shape index (κ3) is 5.68. The number of amides is 2. The Hall–Kier alpha value is -2.61. The number of nitrogens with zero attached hydrogens (tertiary/aromatic N) is 3. The number of hydrogen-bond acceptors (Lipinski definition) is 6. The summed E-state index contributed by atoms with van der Waals surface area (Å²) in [4.78, 5) is 26.0. The summed E-state index contributed by atoms with van der Waals surface area (Å²) < 4.78 is 5.10. The van der Waals surface area contributed by atoms with Gasteiger partial charge in [0.15, 0.2) is 5.82 Å². The van der Waals surface area contributed by atoms with Crippen LogP contribution >= 0.6 is 11.8 Å². The molecule has 0 unspecified atom stereocenters. The first-order valence-corrected chi connectivity index (χ1v) is 9.80. The van der Waals surface area contributed by atoms with Gasteiger partial charge in [-0.1, -0.05) is 23.9 Å². The topological polar surface area (TPSA) is 84.4 Å². The molecule has 2 aromatic rings. The molecule has 1 aliphatic heterocycles. The minimum atomic E-state index is -0.168. The van der Waals surface area contributed by atoms with Crippen LogP contribution in [0.3, 0.4) is 0 Å². The molecule has 27 heavy (non-hydrogen) atoms. The van der Waals surface area contributed by atoms with Crippen LogP contribution in [0.5, 0.6) is 5.75 Å². The van der Waals surface area contributed by atoms with Crippen LogP contribution in [0, 0.1) is 0 Å². The molecule has 7 nitrogen and oxygen atoms in total. The Balaban J connectivity index is 1.46. The Labute approximate surface area is 162 Å². The van der Waals surface area contributed by atoms with E-state index in [-0.39, 0.29) is 18.2 Å². The first kappa shape index (κ1) is 19.2. The molecule has 142 valence electrons. The number of ether oxygens (including phenoxy) is 1. The van der Waals surface area contributed by atoms with Crippen molar-refractivity contribution in [3.63, 3.8) is 0 Å². The minimum absolute atomic E-state index is 0.135. The molecule has 0 radical (unpaired) electrons. The van der Waals surface area contributed by atoms with E-state index in [9.17, 15) is 9.59 Å². The molecule has 1 aliphatic rings. The van der Waals surface area contributed by atoms with Crippen molar-refractivity contribution in [2.24, 2.45) is 0 Å². The predicted octanol–water partition coefficient (Wildman–Crippen LogP) is 2.38. The van der Waals surface area contributed by atoms with Gasteiger partial charge in [-0.2, -0.15) is 0 Å². The highest BCUT2D eigenvalue weighted by molar-refractivity contribution is 7.99. The van der Waals surface area contributed by atoms with Crippen molar-refractivity contribution in [3.8, 4) is 5.75 Å². The Morgan fingerprint density at radius 3 is 2.48 bits per heavy atom. The molecule has 1 fully saturated rings. The molecule has 8 heteroatoms. The van der Waals surface area contributed by atoms with E-state index in [2.05, 4.69) is 15.5 Å². The van der Waals surface area contributed by atoms with Crippen LogP contribution in [0.1, 0.15) is 18.4 Å². The highest BCUT2D eigenvalue weighted by atomic mass is 32.2. The van der Waals surface area contributed by atoms with Gasteiger partial charge in [-0.3, -0.25) is 9.59 Å². The summed E-state index contributed by atoms with van der Waals surface area (Å²) in [6.07, 6.45) is 2.41. The van der Waals surface area contributed by atoms with E-state index in [1.165, 1.54) is 11.8 Å². The van der Waals surface area contributed by atoms with Gasteiger partial charge in [0.1, 0.15) is 10.8 Å². The number of methoxy groups -OCH3 is 1. The molecule has 0 saturated carbocycles. The summed E-state index contributed by atoms with van der Waals surface area (Å²) in [5.74, 6) is 1.47. The van der Waals surface area contributed by atoms with E-state index in [1.807, 2.05) is 29.2 Å². The standard InChI is InChI=1S/C19H22N4O3S/c1-26-15-6-4-14(5-7-15)12-17(24)20-16-8-9-18(22-21-16)27-13-19(25)23-10-2-3-11-23/h4-9H,2-3,10-13H2,1H3,(H,20,21,24). The molecular weight excluding hydrogens is 364 g/mol.